The maximum atomic E-state index is 12.5. The monoisotopic (exact) mass is 350 g/mol. The van der Waals surface area contributed by atoms with E-state index in [1.807, 2.05) is 48.1 Å². The highest BCUT2D eigenvalue weighted by molar-refractivity contribution is 5.92. The minimum absolute atomic E-state index is 0.0287. The highest BCUT2D eigenvalue weighted by Crippen LogP contribution is 2.22. The number of aromatic nitrogens is 3. The molecule has 7 nitrogen and oxygen atoms in total. The zero-order valence-corrected chi connectivity index (χ0v) is 14.7. The second kappa shape index (κ2) is 7.13. The van der Waals surface area contributed by atoms with Crippen molar-refractivity contribution in [2.75, 3.05) is 11.9 Å². The maximum absolute atomic E-state index is 12.5. The second-order valence-corrected chi connectivity index (χ2v) is 6.54. The van der Waals surface area contributed by atoms with E-state index in [-0.39, 0.29) is 12.1 Å². The topological polar surface area (TPSA) is 83.9 Å². The molecule has 3 heterocycles. The summed E-state index contributed by atoms with van der Waals surface area (Å²) in [6.45, 7) is 1.50. The highest BCUT2D eigenvalue weighted by Gasteiger charge is 2.17. The van der Waals surface area contributed by atoms with Gasteiger partial charge in [-0.1, -0.05) is 30.3 Å². The molecule has 1 aliphatic rings. The Bertz CT molecular complexity index is 920. The fourth-order valence-electron chi connectivity index (χ4n) is 3.43. The molecular weight excluding hydrogens is 328 g/mol. The maximum Gasteiger partial charge on any atom is 0.320 e. The predicted molar refractivity (Wildman–Crippen MR) is 101 cm³/mol. The summed E-state index contributed by atoms with van der Waals surface area (Å²) in [6, 6.07) is 11.6. The predicted octanol–water partition coefficient (Wildman–Crippen LogP) is 2.71. The molecule has 0 fully saturated rings. The third-order valence-electron chi connectivity index (χ3n) is 4.68. The van der Waals surface area contributed by atoms with Gasteiger partial charge >= 0.3 is 6.03 Å². The molecule has 2 amide bonds. The van der Waals surface area contributed by atoms with Gasteiger partial charge in [0.15, 0.2) is 0 Å². The molecule has 1 atom stereocenters. The molecule has 3 aromatic rings. The lowest BCUT2D eigenvalue weighted by Gasteiger charge is -2.21. The van der Waals surface area contributed by atoms with Crippen LogP contribution in [-0.2, 0) is 13.6 Å². The molecule has 7 heteroatoms. The number of aryl methyl sites for hydroxylation is 1. The summed E-state index contributed by atoms with van der Waals surface area (Å²) in [4.78, 5) is 17.2. The van der Waals surface area contributed by atoms with Gasteiger partial charge in [-0.05, 0) is 31.0 Å². The van der Waals surface area contributed by atoms with Gasteiger partial charge < -0.3 is 10.6 Å². The van der Waals surface area contributed by atoms with E-state index in [0.29, 0.717) is 12.4 Å². The van der Waals surface area contributed by atoms with Gasteiger partial charge in [-0.3, -0.25) is 10.00 Å². The SMILES string of the molecule is Cn1ncc2cc3nc(c21)CNCCCC(c1ccccc1)NC(=O)N3. The van der Waals surface area contributed by atoms with Crippen LogP contribution in [0.25, 0.3) is 10.9 Å². The fraction of sp³-hybridized carbons (Fsp3) is 0.316. The Labute approximate surface area is 151 Å². The van der Waals surface area contributed by atoms with Gasteiger partial charge in [0.25, 0.3) is 0 Å². The normalized spacial score (nSPS) is 18.5. The lowest BCUT2D eigenvalue weighted by atomic mass is 10.0. The number of hydrogen-bond donors (Lipinski definition) is 3. The molecule has 0 spiro atoms. The van der Waals surface area contributed by atoms with Gasteiger partial charge in [0, 0.05) is 19.0 Å². The quantitative estimate of drug-likeness (QED) is 0.630. The molecule has 3 N–H and O–H groups in total. The van der Waals surface area contributed by atoms with Gasteiger partial charge in [-0.25, -0.2) is 9.78 Å². The third kappa shape index (κ3) is 3.39. The number of nitrogens with one attached hydrogen (secondary N) is 3. The highest BCUT2D eigenvalue weighted by atomic mass is 16.2. The van der Waals surface area contributed by atoms with Crippen LogP contribution in [0.3, 0.4) is 0 Å². The summed E-state index contributed by atoms with van der Waals surface area (Å²) in [7, 11) is 1.90. The molecule has 134 valence electrons. The van der Waals surface area contributed by atoms with Crippen molar-refractivity contribution in [3.8, 4) is 0 Å². The van der Waals surface area contributed by atoms with Crippen LogP contribution in [0.1, 0.15) is 30.1 Å². The number of fused-ring (bicyclic) bond motifs is 4. The summed E-state index contributed by atoms with van der Waals surface area (Å²) in [5, 5.41) is 14.7. The molecule has 2 aromatic heterocycles. The molecule has 0 saturated heterocycles. The number of amides is 2. The van der Waals surface area contributed by atoms with Crippen molar-refractivity contribution < 1.29 is 4.79 Å². The summed E-state index contributed by atoms with van der Waals surface area (Å²) in [5.74, 6) is 0.534. The van der Waals surface area contributed by atoms with E-state index in [1.54, 1.807) is 6.20 Å². The molecule has 1 aromatic carbocycles. The smallest absolute Gasteiger partial charge is 0.320 e. The Morgan fingerprint density at radius 3 is 2.92 bits per heavy atom. The first kappa shape index (κ1) is 16.5. The largest absolute Gasteiger partial charge is 0.331 e. The van der Waals surface area contributed by atoms with E-state index in [1.165, 1.54) is 0 Å². The lowest BCUT2D eigenvalue weighted by Crippen LogP contribution is -2.34. The van der Waals surface area contributed by atoms with Crippen molar-refractivity contribution in [3.63, 3.8) is 0 Å². The molecule has 0 saturated carbocycles. The average Bonchev–Trinajstić information content (AvgIpc) is 3.01. The van der Waals surface area contributed by atoms with Crippen molar-refractivity contribution in [1.82, 2.24) is 25.4 Å². The zero-order chi connectivity index (χ0) is 17.9. The van der Waals surface area contributed by atoms with Gasteiger partial charge in [-0.15, -0.1) is 0 Å². The number of anilines is 1. The Hall–Kier alpha value is -2.93. The number of urea groups is 1. The van der Waals surface area contributed by atoms with E-state index in [4.69, 9.17) is 0 Å². The molecule has 4 rings (SSSR count). The first-order chi connectivity index (χ1) is 12.7. The number of rotatable bonds is 1. The lowest BCUT2D eigenvalue weighted by molar-refractivity contribution is 0.247. The van der Waals surface area contributed by atoms with Gasteiger partial charge in [0.1, 0.15) is 5.82 Å². The van der Waals surface area contributed by atoms with E-state index < -0.39 is 0 Å². The van der Waals surface area contributed by atoms with E-state index in [9.17, 15) is 4.79 Å². The van der Waals surface area contributed by atoms with Crippen LogP contribution in [0.2, 0.25) is 0 Å². The number of nitrogens with zero attached hydrogens (tertiary/aromatic N) is 3. The minimum Gasteiger partial charge on any atom is -0.331 e. The number of benzene rings is 1. The summed E-state index contributed by atoms with van der Waals surface area (Å²) in [5.41, 5.74) is 2.98. The fourth-order valence-corrected chi connectivity index (χ4v) is 3.43. The Morgan fingerprint density at radius 1 is 1.23 bits per heavy atom. The molecular formula is C19H22N6O. The Kier molecular flexibility index (Phi) is 4.53. The summed E-state index contributed by atoms with van der Waals surface area (Å²) in [6.07, 6.45) is 3.61. The number of pyridine rings is 1. The van der Waals surface area contributed by atoms with Crippen LogP contribution in [0.5, 0.6) is 0 Å². The van der Waals surface area contributed by atoms with Gasteiger partial charge in [0.05, 0.1) is 23.4 Å². The Morgan fingerprint density at radius 2 is 2.08 bits per heavy atom. The van der Waals surface area contributed by atoms with E-state index >= 15 is 0 Å². The van der Waals surface area contributed by atoms with Crippen LogP contribution < -0.4 is 16.0 Å². The number of hydrogen-bond acceptors (Lipinski definition) is 4. The standard InChI is InChI=1S/C19H22N6O/c1-25-18-14(11-21-25)10-17-22-16(18)12-20-9-5-8-15(23-19(26)24-17)13-6-3-2-4-7-13/h2-4,6-7,10-11,15,20H,5,8-9,12H2,1H3,(H2,22,23,24,26). The zero-order valence-electron chi connectivity index (χ0n) is 14.7. The van der Waals surface area contributed by atoms with Crippen molar-refractivity contribution in [2.24, 2.45) is 7.05 Å². The molecule has 26 heavy (non-hydrogen) atoms. The number of carbonyl (C=O) groups is 1. The number of carbonyl (C=O) groups excluding carboxylic acids is 1. The molecule has 1 unspecified atom stereocenters. The summed E-state index contributed by atoms with van der Waals surface area (Å²) < 4.78 is 1.82. The molecule has 0 aliphatic carbocycles. The van der Waals surface area contributed by atoms with Crippen molar-refractivity contribution in [1.29, 1.82) is 0 Å². The van der Waals surface area contributed by atoms with Crippen molar-refractivity contribution >= 4 is 22.8 Å². The van der Waals surface area contributed by atoms with Gasteiger partial charge in [-0.2, -0.15) is 5.10 Å². The van der Waals surface area contributed by atoms with E-state index in [0.717, 1.165) is 41.5 Å². The first-order valence-corrected chi connectivity index (χ1v) is 8.85. The Balaban J connectivity index is 1.64. The molecule has 0 radical (unpaired) electrons. The van der Waals surface area contributed by atoms with Crippen molar-refractivity contribution in [2.45, 2.75) is 25.4 Å². The van der Waals surface area contributed by atoms with Crippen LogP contribution >= 0.6 is 0 Å². The second-order valence-electron chi connectivity index (χ2n) is 6.54. The third-order valence-corrected chi connectivity index (χ3v) is 4.68. The van der Waals surface area contributed by atoms with Crippen LogP contribution in [0, 0.1) is 0 Å². The van der Waals surface area contributed by atoms with Crippen LogP contribution in [-0.4, -0.2) is 27.3 Å². The van der Waals surface area contributed by atoms with E-state index in [2.05, 4.69) is 26.0 Å². The van der Waals surface area contributed by atoms with Crippen molar-refractivity contribution in [3.05, 3.63) is 53.9 Å². The van der Waals surface area contributed by atoms with Gasteiger partial charge in [0.2, 0.25) is 0 Å². The molecule has 2 bridgehead atoms. The first-order valence-electron chi connectivity index (χ1n) is 8.85. The van der Waals surface area contributed by atoms with Crippen LogP contribution in [0.4, 0.5) is 10.6 Å². The summed E-state index contributed by atoms with van der Waals surface area (Å²) >= 11 is 0. The minimum atomic E-state index is -0.242. The van der Waals surface area contributed by atoms with Crippen LogP contribution in [0.15, 0.2) is 42.6 Å². The molecule has 1 aliphatic heterocycles. The average molecular weight is 350 g/mol.